The molecule has 0 spiro atoms. The number of benzene rings is 2. The van der Waals surface area contributed by atoms with Gasteiger partial charge >= 0.3 is 193 Å². The van der Waals surface area contributed by atoms with Crippen molar-refractivity contribution < 1.29 is 14.3 Å². The zero-order valence-electron chi connectivity index (χ0n) is 20.9. The maximum absolute atomic E-state index is 12.2. The van der Waals surface area contributed by atoms with Gasteiger partial charge in [-0.05, 0) is 20.8 Å². The number of nitrogens with zero attached hydrogens (tertiary/aromatic N) is 3. The first-order valence-corrected chi connectivity index (χ1v) is 13.5. The van der Waals surface area contributed by atoms with Gasteiger partial charge in [0.1, 0.15) is 0 Å². The minimum atomic E-state index is -0.434. The van der Waals surface area contributed by atoms with Crippen LogP contribution in [0.2, 0.25) is 0 Å². The molecule has 0 aliphatic carbocycles. The van der Waals surface area contributed by atoms with Gasteiger partial charge in [0.25, 0.3) is 0 Å². The van der Waals surface area contributed by atoms with Crippen molar-refractivity contribution in [3.63, 3.8) is 0 Å². The van der Waals surface area contributed by atoms with E-state index in [9.17, 15) is 10.1 Å². The molecular formula is C28H31N3O3Se. The maximum atomic E-state index is 12.2. The fourth-order valence-electron chi connectivity index (χ4n) is 3.91. The van der Waals surface area contributed by atoms with Gasteiger partial charge in [0.15, 0.2) is 0 Å². The van der Waals surface area contributed by atoms with Crippen LogP contribution < -0.4 is 4.74 Å². The fourth-order valence-corrected chi connectivity index (χ4v) is 5.84. The predicted octanol–water partition coefficient (Wildman–Crippen LogP) is 4.90. The van der Waals surface area contributed by atoms with Crippen LogP contribution >= 0.6 is 0 Å². The zero-order valence-corrected chi connectivity index (χ0v) is 22.6. The van der Waals surface area contributed by atoms with Gasteiger partial charge in [0.05, 0.1) is 0 Å². The van der Waals surface area contributed by atoms with Gasteiger partial charge in [0, 0.05) is 0 Å². The number of carbonyl (C=O) groups is 1. The van der Waals surface area contributed by atoms with Gasteiger partial charge in [-0.3, -0.25) is 0 Å². The second-order valence-electron chi connectivity index (χ2n) is 10.1. The van der Waals surface area contributed by atoms with Crippen LogP contribution in [0, 0.1) is 17.2 Å². The second kappa shape index (κ2) is 10.4. The van der Waals surface area contributed by atoms with Gasteiger partial charge in [-0.1, -0.05) is 0 Å². The summed E-state index contributed by atoms with van der Waals surface area (Å²) in [6.07, 6.45) is 1.96. The van der Waals surface area contributed by atoms with E-state index >= 15 is 0 Å². The first kappa shape index (κ1) is 25.2. The van der Waals surface area contributed by atoms with Crippen LogP contribution in [0.15, 0.2) is 48.7 Å². The molecule has 7 heteroatoms. The molecule has 0 N–H and O–H groups in total. The summed E-state index contributed by atoms with van der Waals surface area (Å²) < 4.78 is 13.4. The summed E-state index contributed by atoms with van der Waals surface area (Å²) in [4.78, 5) is 19.1. The van der Waals surface area contributed by atoms with Gasteiger partial charge in [-0.25, -0.2) is 0 Å². The molecule has 35 heavy (non-hydrogen) atoms. The van der Waals surface area contributed by atoms with Gasteiger partial charge in [-0.2, -0.15) is 0 Å². The van der Waals surface area contributed by atoms with Crippen LogP contribution in [0.5, 0.6) is 5.75 Å². The molecule has 4 rings (SSSR count). The Morgan fingerprint density at radius 3 is 2.49 bits per heavy atom. The average molecular weight is 537 g/mol. The van der Waals surface area contributed by atoms with E-state index in [2.05, 4.69) is 40.2 Å². The molecule has 0 unspecified atom stereocenters. The SMILES string of the molecule is CC(C)Oc1ccc(-c2ncc(-c3ccc(CN4CC(C(=O)OC(C)(C)C)C4)cc3)[se]2)cc1C#N. The van der Waals surface area contributed by atoms with E-state index < -0.39 is 5.60 Å². The fraction of sp³-hybridized carbons (Fsp3) is 0.393. The Kier molecular flexibility index (Phi) is 7.47. The molecule has 2 heterocycles. The van der Waals surface area contributed by atoms with Crippen molar-refractivity contribution in [3.05, 3.63) is 59.8 Å². The molecule has 1 aromatic heterocycles. The zero-order chi connectivity index (χ0) is 25.2. The number of hydrogen-bond donors (Lipinski definition) is 0. The van der Waals surface area contributed by atoms with Crippen LogP contribution in [0.4, 0.5) is 0 Å². The van der Waals surface area contributed by atoms with Gasteiger partial charge in [0.2, 0.25) is 0 Å². The molecule has 0 radical (unpaired) electrons. The number of ether oxygens (including phenoxy) is 2. The third kappa shape index (κ3) is 6.40. The second-order valence-corrected chi connectivity index (χ2v) is 12.3. The third-order valence-electron chi connectivity index (χ3n) is 5.56. The van der Waals surface area contributed by atoms with E-state index in [0.717, 1.165) is 29.8 Å². The molecule has 2 aromatic carbocycles. The third-order valence-corrected chi connectivity index (χ3v) is 7.86. The van der Waals surface area contributed by atoms with E-state index in [1.165, 1.54) is 15.6 Å². The summed E-state index contributed by atoms with van der Waals surface area (Å²) in [5, 5.41) is 9.52. The molecule has 0 saturated carbocycles. The number of likely N-dealkylation sites (tertiary alicyclic amines) is 1. The van der Waals surface area contributed by atoms with Crippen molar-refractivity contribution in [2.24, 2.45) is 5.92 Å². The normalized spacial score (nSPS) is 14.4. The predicted molar refractivity (Wildman–Crippen MR) is 137 cm³/mol. The van der Waals surface area contributed by atoms with Crippen LogP contribution in [0.1, 0.15) is 45.7 Å². The number of rotatable bonds is 7. The number of aromatic nitrogens is 1. The van der Waals surface area contributed by atoms with Gasteiger partial charge in [-0.15, -0.1) is 0 Å². The summed E-state index contributed by atoms with van der Waals surface area (Å²) in [7, 11) is 0. The van der Waals surface area contributed by atoms with Crippen molar-refractivity contribution >= 4 is 20.5 Å². The number of nitriles is 1. The van der Waals surface area contributed by atoms with Crippen molar-refractivity contribution in [1.82, 2.24) is 9.88 Å². The molecule has 0 atom stereocenters. The van der Waals surface area contributed by atoms with E-state index in [0.29, 0.717) is 11.3 Å². The van der Waals surface area contributed by atoms with Crippen molar-refractivity contribution in [2.75, 3.05) is 13.1 Å². The van der Waals surface area contributed by atoms with Crippen LogP contribution in [-0.2, 0) is 16.1 Å². The van der Waals surface area contributed by atoms with E-state index in [1.807, 2.05) is 59.0 Å². The Bertz CT molecular complexity index is 1230. The Morgan fingerprint density at radius 1 is 1.17 bits per heavy atom. The van der Waals surface area contributed by atoms with Crippen LogP contribution in [0.3, 0.4) is 0 Å². The van der Waals surface area contributed by atoms with E-state index in [1.54, 1.807) is 0 Å². The van der Waals surface area contributed by atoms with Crippen LogP contribution in [0.25, 0.3) is 20.1 Å². The topological polar surface area (TPSA) is 75.4 Å². The standard InChI is InChI=1S/C28H31N3O3Se/c1-18(2)33-24-11-10-21(12-22(24)13-29)26-30-14-25(35-26)20-8-6-19(7-9-20)15-31-16-23(17-31)27(32)34-28(3,4)5/h6-12,14,18,23H,15-17H2,1-5H3. The van der Waals surface area contributed by atoms with Gasteiger partial charge < -0.3 is 0 Å². The Morgan fingerprint density at radius 2 is 1.86 bits per heavy atom. The van der Waals surface area contributed by atoms with E-state index in [-0.39, 0.29) is 32.5 Å². The summed E-state index contributed by atoms with van der Waals surface area (Å²) >= 11 is 0.0623. The first-order chi connectivity index (χ1) is 16.6. The summed E-state index contributed by atoms with van der Waals surface area (Å²) in [6, 6.07) is 16.5. The summed E-state index contributed by atoms with van der Waals surface area (Å²) in [6.45, 7) is 11.9. The quantitative estimate of drug-likeness (QED) is 0.316. The number of esters is 1. The number of hydrogen-bond acceptors (Lipinski definition) is 6. The van der Waals surface area contributed by atoms with Crippen LogP contribution in [-0.4, -0.2) is 55.2 Å². The Balaban J connectivity index is 1.37. The molecule has 1 aliphatic rings. The molecule has 182 valence electrons. The molecule has 6 nitrogen and oxygen atoms in total. The molecule has 1 saturated heterocycles. The van der Waals surface area contributed by atoms with Crippen molar-refractivity contribution in [1.29, 1.82) is 5.26 Å². The first-order valence-electron chi connectivity index (χ1n) is 11.8. The Hall–Kier alpha value is -2.91. The molecule has 1 fully saturated rings. The minimum absolute atomic E-state index is 0.0183. The molecule has 0 amide bonds. The monoisotopic (exact) mass is 537 g/mol. The molecular weight excluding hydrogens is 505 g/mol. The molecule has 1 aliphatic heterocycles. The Labute approximate surface area is 213 Å². The number of carbonyl (C=O) groups excluding carboxylic acids is 1. The average Bonchev–Trinajstić information content (AvgIpc) is 3.25. The molecule has 3 aromatic rings. The summed E-state index contributed by atoms with van der Waals surface area (Å²) in [5.74, 6) is 0.489. The van der Waals surface area contributed by atoms with Crippen molar-refractivity contribution in [2.45, 2.75) is 52.9 Å². The molecule has 0 bridgehead atoms. The summed E-state index contributed by atoms with van der Waals surface area (Å²) in [5.41, 5.74) is 3.47. The van der Waals surface area contributed by atoms with E-state index in [4.69, 9.17) is 9.47 Å². The van der Waals surface area contributed by atoms with Crippen molar-refractivity contribution in [3.8, 4) is 32.0 Å².